The third kappa shape index (κ3) is 4.47. The monoisotopic (exact) mass is 296 g/mol. The number of hydrogen-bond donors (Lipinski definition) is 2. The van der Waals surface area contributed by atoms with Crippen molar-refractivity contribution in [2.45, 2.75) is 32.2 Å². The number of halogens is 1. The molecule has 2 N–H and O–H groups in total. The van der Waals surface area contributed by atoms with Crippen molar-refractivity contribution in [3.05, 3.63) is 39.7 Å². The molecule has 1 fully saturated rings. The lowest BCUT2D eigenvalue weighted by atomic mass is 9.79. The van der Waals surface area contributed by atoms with E-state index in [1.165, 1.54) is 18.6 Å². The van der Waals surface area contributed by atoms with Crippen LogP contribution in [0.2, 0.25) is 0 Å². The maximum atomic E-state index is 13.3. The van der Waals surface area contributed by atoms with E-state index in [0.717, 1.165) is 31.9 Å². The van der Waals surface area contributed by atoms with Crippen molar-refractivity contribution in [1.82, 2.24) is 5.32 Å². The zero-order chi connectivity index (χ0) is 15.2. The van der Waals surface area contributed by atoms with Crippen molar-refractivity contribution in [3.8, 4) is 0 Å². The van der Waals surface area contributed by atoms with Crippen molar-refractivity contribution in [1.29, 1.82) is 0 Å². The van der Waals surface area contributed by atoms with E-state index in [4.69, 9.17) is 0 Å². The number of nitro benzene ring substituents is 1. The summed E-state index contributed by atoms with van der Waals surface area (Å²) in [5, 5.41) is 23.3. The Hall–Kier alpha value is -1.53. The van der Waals surface area contributed by atoms with Gasteiger partial charge in [0.15, 0.2) is 0 Å². The Morgan fingerprint density at radius 3 is 2.67 bits per heavy atom. The van der Waals surface area contributed by atoms with Crippen LogP contribution in [0, 0.1) is 27.8 Å². The van der Waals surface area contributed by atoms with Gasteiger partial charge in [-0.1, -0.05) is 12.8 Å². The first kappa shape index (κ1) is 15.9. The quantitative estimate of drug-likeness (QED) is 0.625. The van der Waals surface area contributed by atoms with Crippen LogP contribution in [0.1, 0.15) is 31.2 Å². The van der Waals surface area contributed by atoms with Gasteiger partial charge in [-0.3, -0.25) is 10.1 Å². The number of nitro groups is 1. The predicted molar refractivity (Wildman–Crippen MR) is 77.3 cm³/mol. The molecule has 1 aliphatic carbocycles. The van der Waals surface area contributed by atoms with E-state index in [-0.39, 0.29) is 12.3 Å². The number of nitrogens with one attached hydrogen (secondary N) is 1. The lowest BCUT2D eigenvalue weighted by Crippen LogP contribution is -2.32. The van der Waals surface area contributed by atoms with Crippen LogP contribution in [0.25, 0.3) is 0 Å². The van der Waals surface area contributed by atoms with Gasteiger partial charge >= 0.3 is 0 Å². The SMILES string of the molecule is O=[N+]([O-])c1cc(F)cc(CNCC2CCCCC2CO)c1. The Bertz CT molecular complexity index is 496. The van der Waals surface area contributed by atoms with Gasteiger partial charge in [-0.05, 0) is 42.9 Å². The number of rotatable bonds is 6. The Balaban J connectivity index is 1.89. The summed E-state index contributed by atoms with van der Waals surface area (Å²) in [6.45, 7) is 1.35. The number of aliphatic hydroxyl groups excluding tert-OH is 1. The van der Waals surface area contributed by atoms with Crippen LogP contribution in [-0.4, -0.2) is 23.2 Å². The van der Waals surface area contributed by atoms with Crippen LogP contribution in [0.5, 0.6) is 0 Å². The van der Waals surface area contributed by atoms with Crippen LogP contribution in [0.15, 0.2) is 18.2 Å². The minimum atomic E-state index is -0.591. The van der Waals surface area contributed by atoms with Gasteiger partial charge in [0.2, 0.25) is 0 Å². The molecule has 0 aliphatic heterocycles. The first-order chi connectivity index (χ1) is 10.1. The van der Waals surface area contributed by atoms with E-state index in [0.29, 0.717) is 23.9 Å². The van der Waals surface area contributed by atoms with Gasteiger partial charge in [0.1, 0.15) is 5.82 Å². The third-order valence-corrected chi connectivity index (χ3v) is 4.19. The summed E-state index contributed by atoms with van der Waals surface area (Å²) in [5.74, 6) is 0.160. The second kappa shape index (κ2) is 7.47. The maximum Gasteiger partial charge on any atom is 0.272 e. The molecule has 0 radical (unpaired) electrons. The molecule has 1 aromatic rings. The number of aliphatic hydroxyl groups is 1. The smallest absolute Gasteiger partial charge is 0.272 e. The van der Waals surface area contributed by atoms with Gasteiger partial charge in [0.25, 0.3) is 5.69 Å². The molecule has 1 aromatic carbocycles. The molecule has 1 aliphatic rings. The summed E-state index contributed by atoms with van der Waals surface area (Å²) in [7, 11) is 0. The number of hydrogen-bond acceptors (Lipinski definition) is 4. The molecule has 0 amide bonds. The van der Waals surface area contributed by atoms with Gasteiger partial charge in [-0.15, -0.1) is 0 Å². The van der Waals surface area contributed by atoms with Crippen molar-refractivity contribution in [2.75, 3.05) is 13.2 Å². The molecule has 2 rings (SSSR count). The maximum absolute atomic E-state index is 13.3. The largest absolute Gasteiger partial charge is 0.396 e. The lowest BCUT2D eigenvalue weighted by molar-refractivity contribution is -0.385. The molecule has 6 heteroatoms. The second-order valence-electron chi connectivity index (χ2n) is 5.69. The molecule has 0 spiro atoms. The second-order valence-corrected chi connectivity index (χ2v) is 5.69. The summed E-state index contributed by atoms with van der Waals surface area (Å²) in [6.07, 6.45) is 4.47. The number of benzene rings is 1. The van der Waals surface area contributed by atoms with Crippen molar-refractivity contribution in [3.63, 3.8) is 0 Å². The van der Waals surface area contributed by atoms with Gasteiger partial charge in [0, 0.05) is 19.2 Å². The molecule has 0 heterocycles. The molecule has 5 nitrogen and oxygen atoms in total. The first-order valence-corrected chi connectivity index (χ1v) is 7.35. The van der Waals surface area contributed by atoms with E-state index in [2.05, 4.69) is 5.32 Å². The molecule has 0 bridgehead atoms. The van der Waals surface area contributed by atoms with Crippen LogP contribution in [0.3, 0.4) is 0 Å². The van der Waals surface area contributed by atoms with Crippen molar-refractivity contribution >= 4 is 5.69 Å². The van der Waals surface area contributed by atoms with Gasteiger partial charge in [0.05, 0.1) is 11.0 Å². The fourth-order valence-electron chi connectivity index (χ4n) is 3.04. The van der Waals surface area contributed by atoms with Gasteiger partial charge in [-0.25, -0.2) is 4.39 Å². The van der Waals surface area contributed by atoms with E-state index < -0.39 is 10.7 Å². The standard InChI is InChI=1S/C15H21FN2O3/c16-14-5-11(6-15(7-14)18(20)21)8-17-9-12-3-1-2-4-13(12)10-19/h5-7,12-13,17,19H,1-4,8-10H2. The third-order valence-electron chi connectivity index (χ3n) is 4.19. The van der Waals surface area contributed by atoms with E-state index in [9.17, 15) is 19.6 Å². The van der Waals surface area contributed by atoms with E-state index in [1.807, 2.05) is 0 Å². The van der Waals surface area contributed by atoms with Gasteiger partial charge in [-0.2, -0.15) is 0 Å². The highest BCUT2D eigenvalue weighted by Gasteiger charge is 2.23. The summed E-state index contributed by atoms with van der Waals surface area (Å²) >= 11 is 0. The Morgan fingerprint density at radius 2 is 2.00 bits per heavy atom. The topological polar surface area (TPSA) is 75.4 Å². The van der Waals surface area contributed by atoms with Gasteiger partial charge < -0.3 is 10.4 Å². The summed E-state index contributed by atoms with van der Waals surface area (Å²) in [5.41, 5.74) is 0.343. The number of nitrogens with zero attached hydrogens (tertiary/aromatic N) is 1. The highest BCUT2D eigenvalue weighted by molar-refractivity contribution is 5.35. The molecule has 0 saturated heterocycles. The van der Waals surface area contributed by atoms with Crippen LogP contribution in [0.4, 0.5) is 10.1 Å². The first-order valence-electron chi connectivity index (χ1n) is 7.35. The highest BCUT2D eigenvalue weighted by atomic mass is 19.1. The molecule has 21 heavy (non-hydrogen) atoms. The summed E-state index contributed by atoms with van der Waals surface area (Å²) < 4.78 is 13.3. The van der Waals surface area contributed by atoms with E-state index in [1.54, 1.807) is 0 Å². The molecule has 1 saturated carbocycles. The minimum absolute atomic E-state index is 0.206. The van der Waals surface area contributed by atoms with E-state index >= 15 is 0 Å². The Morgan fingerprint density at radius 1 is 1.29 bits per heavy atom. The molecule has 2 unspecified atom stereocenters. The molecular formula is C15H21FN2O3. The molecular weight excluding hydrogens is 275 g/mol. The minimum Gasteiger partial charge on any atom is -0.396 e. The van der Waals surface area contributed by atoms with Crippen LogP contribution in [-0.2, 0) is 6.54 Å². The average Bonchev–Trinajstić information content (AvgIpc) is 2.47. The summed E-state index contributed by atoms with van der Waals surface area (Å²) in [4.78, 5) is 10.1. The fourth-order valence-corrected chi connectivity index (χ4v) is 3.04. The molecule has 0 aromatic heterocycles. The van der Waals surface area contributed by atoms with Crippen LogP contribution < -0.4 is 5.32 Å². The summed E-state index contributed by atoms with van der Waals surface area (Å²) in [6, 6.07) is 3.62. The van der Waals surface area contributed by atoms with Crippen molar-refractivity contribution in [2.24, 2.45) is 11.8 Å². The van der Waals surface area contributed by atoms with Crippen molar-refractivity contribution < 1.29 is 14.4 Å². The predicted octanol–water partition coefficient (Wildman–Crippen LogP) is 2.62. The zero-order valence-electron chi connectivity index (χ0n) is 11.9. The lowest BCUT2D eigenvalue weighted by Gasteiger charge is -2.30. The normalized spacial score (nSPS) is 22.2. The van der Waals surface area contributed by atoms with Crippen LogP contribution >= 0.6 is 0 Å². The zero-order valence-corrected chi connectivity index (χ0v) is 11.9. The molecule has 116 valence electrons. The fraction of sp³-hybridized carbons (Fsp3) is 0.600. The number of non-ortho nitro benzene ring substituents is 1. The highest BCUT2D eigenvalue weighted by Crippen LogP contribution is 2.29. The molecule has 2 atom stereocenters. The Kier molecular flexibility index (Phi) is 5.64. The Labute approximate surface area is 123 Å². The average molecular weight is 296 g/mol.